The van der Waals surface area contributed by atoms with Gasteiger partial charge in [-0.2, -0.15) is 5.26 Å². The summed E-state index contributed by atoms with van der Waals surface area (Å²) < 4.78 is 4.90. The van der Waals surface area contributed by atoms with E-state index < -0.39 is 6.04 Å². The van der Waals surface area contributed by atoms with Gasteiger partial charge in [0.15, 0.2) is 0 Å². The number of carbonyl (C=O) groups is 1. The van der Waals surface area contributed by atoms with Crippen LogP contribution < -0.4 is 11.1 Å². The first-order valence-electron chi connectivity index (χ1n) is 5.77. The van der Waals surface area contributed by atoms with E-state index in [1.807, 2.05) is 6.07 Å². The number of nitrogens with two attached hydrogens (primary N) is 1. The standard InChI is InChI=1S/C13H17N3O2/c1-3-18-13(17)9(2)16-11-4-5-12(15)10(8-11)6-7-14/h4-5,8-9,16H,3,6,15H2,1-2H3. The SMILES string of the molecule is CCOC(=O)C(C)Nc1ccc(N)c(CC#N)c1. The third-order valence-electron chi connectivity index (χ3n) is 2.44. The molecule has 0 aliphatic heterocycles. The van der Waals surface area contributed by atoms with Crippen LogP contribution in [-0.4, -0.2) is 18.6 Å². The van der Waals surface area contributed by atoms with Gasteiger partial charge >= 0.3 is 5.97 Å². The number of nitrogens with zero attached hydrogens (tertiary/aromatic N) is 1. The minimum Gasteiger partial charge on any atom is -0.464 e. The molecule has 0 bridgehead atoms. The molecule has 0 fully saturated rings. The first-order chi connectivity index (χ1) is 8.58. The number of hydrogen-bond donors (Lipinski definition) is 2. The smallest absolute Gasteiger partial charge is 0.328 e. The Morgan fingerprint density at radius 3 is 2.94 bits per heavy atom. The summed E-state index contributed by atoms with van der Waals surface area (Å²) in [5.41, 5.74) is 7.81. The van der Waals surface area contributed by atoms with E-state index in [4.69, 9.17) is 15.7 Å². The normalized spacial score (nSPS) is 11.4. The van der Waals surface area contributed by atoms with Gasteiger partial charge in [-0.15, -0.1) is 0 Å². The van der Waals surface area contributed by atoms with Crippen molar-refractivity contribution >= 4 is 17.3 Å². The molecule has 0 spiro atoms. The minimum absolute atomic E-state index is 0.245. The lowest BCUT2D eigenvalue weighted by molar-refractivity contribution is -0.143. The van der Waals surface area contributed by atoms with Crippen molar-refractivity contribution in [3.05, 3.63) is 23.8 Å². The number of nitrogen functional groups attached to an aromatic ring is 1. The van der Waals surface area contributed by atoms with Crippen LogP contribution in [0.25, 0.3) is 0 Å². The predicted molar refractivity (Wildman–Crippen MR) is 69.9 cm³/mol. The van der Waals surface area contributed by atoms with E-state index in [1.54, 1.807) is 32.0 Å². The monoisotopic (exact) mass is 247 g/mol. The second-order valence-corrected chi connectivity index (χ2v) is 3.87. The zero-order valence-corrected chi connectivity index (χ0v) is 10.6. The zero-order valence-electron chi connectivity index (χ0n) is 10.6. The van der Waals surface area contributed by atoms with Gasteiger partial charge in [0.25, 0.3) is 0 Å². The molecule has 5 nitrogen and oxygen atoms in total. The summed E-state index contributed by atoms with van der Waals surface area (Å²) in [7, 11) is 0. The van der Waals surface area contributed by atoms with Crippen molar-refractivity contribution < 1.29 is 9.53 Å². The van der Waals surface area contributed by atoms with Crippen LogP contribution in [0.5, 0.6) is 0 Å². The van der Waals surface area contributed by atoms with E-state index in [2.05, 4.69) is 5.32 Å². The van der Waals surface area contributed by atoms with Crippen LogP contribution in [0.15, 0.2) is 18.2 Å². The fourth-order valence-corrected chi connectivity index (χ4v) is 1.51. The molecule has 0 heterocycles. The highest BCUT2D eigenvalue weighted by atomic mass is 16.5. The topological polar surface area (TPSA) is 88.1 Å². The Balaban J connectivity index is 2.76. The van der Waals surface area contributed by atoms with E-state index in [9.17, 15) is 4.79 Å². The number of anilines is 2. The van der Waals surface area contributed by atoms with Gasteiger partial charge in [-0.25, -0.2) is 4.79 Å². The molecule has 3 N–H and O–H groups in total. The van der Waals surface area contributed by atoms with Gasteiger partial charge in [-0.05, 0) is 37.6 Å². The molecular weight excluding hydrogens is 230 g/mol. The molecule has 1 unspecified atom stereocenters. The van der Waals surface area contributed by atoms with Gasteiger partial charge in [0, 0.05) is 11.4 Å². The van der Waals surface area contributed by atoms with E-state index in [0.717, 1.165) is 11.3 Å². The first kappa shape index (κ1) is 13.8. The van der Waals surface area contributed by atoms with Crippen LogP contribution in [0.3, 0.4) is 0 Å². The number of nitriles is 1. The Kier molecular flexibility index (Phi) is 5.00. The molecule has 1 atom stereocenters. The molecule has 18 heavy (non-hydrogen) atoms. The van der Waals surface area contributed by atoms with Gasteiger partial charge < -0.3 is 15.8 Å². The average Bonchev–Trinajstić information content (AvgIpc) is 2.34. The van der Waals surface area contributed by atoms with Crippen molar-refractivity contribution in [2.75, 3.05) is 17.7 Å². The van der Waals surface area contributed by atoms with Crippen LogP contribution in [0.1, 0.15) is 19.4 Å². The third kappa shape index (κ3) is 3.67. The predicted octanol–water partition coefficient (Wildman–Crippen LogP) is 1.70. The lowest BCUT2D eigenvalue weighted by atomic mass is 10.1. The highest BCUT2D eigenvalue weighted by Crippen LogP contribution is 2.19. The van der Waals surface area contributed by atoms with Crippen molar-refractivity contribution in [3.8, 4) is 6.07 Å². The van der Waals surface area contributed by atoms with E-state index in [1.165, 1.54) is 0 Å². The van der Waals surface area contributed by atoms with Gasteiger partial charge in [-0.1, -0.05) is 0 Å². The molecule has 0 amide bonds. The maximum atomic E-state index is 11.5. The molecule has 1 aromatic carbocycles. The van der Waals surface area contributed by atoms with E-state index in [-0.39, 0.29) is 12.4 Å². The number of rotatable bonds is 5. The van der Waals surface area contributed by atoms with E-state index >= 15 is 0 Å². The van der Waals surface area contributed by atoms with Crippen molar-refractivity contribution in [1.82, 2.24) is 0 Å². The number of carbonyl (C=O) groups excluding carboxylic acids is 1. The quantitative estimate of drug-likeness (QED) is 0.610. The Morgan fingerprint density at radius 1 is 1.61 bits per heavy atom. The number of esters is 1. The first-order valence-corrected chi connectivity index (χ1v) is 5.77. The summed E-state index contributed by atoms with van der Waals surface area (Å²) in [5, 5.41) is 11.7. The van der Waals surface area contributed by atoms with Crippen LogP contribution >= 0.6 is 0 Å². The molecule has 0 aromatic heterocycles. The summed E-state index contributed by atoms with van der Waals surface area (Å²) in [6.45, 7) is 3.84. The lowest BCUT2D eigenvalue weighted by Gasteiger charge is -2.15. The van der Waals surface area contributed by atoms with Crippen molar-refractivity contribution in [1.29, 1.82) is 5.26 Å². The molecule has 1 rings (SSSR count). The maximum Gasteiger partial charge on any atom is 0.328 e. The van der Waals surface area contributed by atoms with Gasteiger partial charge in [0.2, 0.25) is 0 Å². The Morgan fingerprint density at radius 2 is 2.33 bits per heavy atom. The molecule has 0 saturated carbocycles. The molecule has 0 aliphatic rings. The highest BCUT2D eigenvalue weighted by Gasteiger charge is 2.13. The third-order valence-corrected chi connectivity index (χ3v) is 2.44. The molecule has 0 saturated heterocycles. The van der Waals surface area contributed by atoms with Crippen molar-refractivity contribution in [2.24, 2.45) is 0 Å². The fraction of sp³-hybridized carbons (Fsp3) is 0.385. The number of benzene rings is 1. The summed E-state index contributed by atoms with van der Waals surface area (Å²) in [5.74, 6) is -0.309. The number of hydrogen-bond acceptors (Lipinski definition) is 5. The van der Waals surface area contributed by atoms with Crippen LogP contribution in [-0.2, 0) is 16.0 Å². The lowest BCUT2D eigenvalue weighted by Crippen LogP contribution is -2.28. The Bertz CT molecular complexity index is 466. The second kappa shape index (κ2) is 6.50. The van der Waals surface area contributed by atoms with Crippen LogP contribution in [0.4, 0.5) is 11.4 Å². The summed E-state index contributed by atoms with van der Waals surface area (Å²) in [6, 6.07) is 6.86. The van der Waals surface area contributed by atoms with Crippen molar-refractivity contribution in [3.63, 3.8) is 0 Å². The second-order valence-electron chi connectivity index (χ2n) is 3.87. The average molecular weight is 247 g/mol. The number of nitrogens with one attached hydrogen (secondary N) is 1. The van der Waals surface area contributed by atoms with Gasteiger partial charge in [0.05, 0.1) is 19.1 Å². The number of ether oxygens (including phenoxy) is 1. The minimum atomic E-state index is -0.441. The summed E-state index contributed by atoms with van der Waals surface area (Å²) >= 11 is 0. The zero-order chi connectivity index (χ0) is 13.5. The Hall–Kier alpha value is -2.22. The Labute approximate surface area is 107 Å². The van der Waals surface area contributed by atoms with E-state index in [0.29, 0.717) is 12.3 Å². The summed E-state index contributed by atoms with van der Waals surface area (Å²) in [4.78, 5) is 11.5. The van der Waals surface area contributed by atoms with Gasteiger partial charge in [0.1, 0.15) is 6.04 Å². The molecule has 5 heteroatoms. The fourth-order valence-electron chi connectivity index (χ4n) is 1.51. The molecule has 0 radical (unpaired) electrons. The van der Waals surface area contributed by atoms with Crippen LogP contribution in [0.2, 0.25) is 0 Å². The molecule has 0 aliphatic carbocycles. The maximum absolute atomic E-state index is 11.5. The largest absolute Gasteiger partial charge is 0.464 e. The van der Waals surface area contributed by atoms with Gasteiger partial charge in [-0.3, -0.25) is 0 Å². The molecular formula is C13H17N3O2. The van der Waals surface area contributed by atoms with Crippen molar-refractivity contribution in [2.45, 2.75) is 26.3 Å². The summed E-state index contributed by atoms with van der Waals surface area (Å²) in [6.07, 6.45) is 0.245. The van der Waals surface area contributed by atoms with Crippen LogP contribution in [0, 0.1) is 11.3 Å². The highest BCUT2D eigenvalue weighted by molar-refractivity contribution is 5.79. The molecule has 1 aromatic rings. The molecule has 96 valence electrons.